The van der Waals surface area contributed by atoms with Crippen LogP contribution in [0.4, 0.5) is 0 Å². The summed E-state index contributed by atoms with van der Waals surface area (Å²) in [7, 11) is 0. The van der Waals surface area contributed by atoms with Crippen molar-refractivity contribution in [3.05, 3.63) is 35.9 Å². The Labute approximate surface area is 90.6 Å². The largest absolute Gasteiger partial charge is 0.294 e. The smallest absolute Gasteiger partial charge is 0.239 e. The van der Waals surface area contributed by atoms with E-state index in [0.29, 0.717) is 0 Å². The maximum atomic E-state index is 11.4. The Bertz CT molecular complexity index is 320. The van der Waals surface area contributed by atoms with Crippen molar-refractivity contribution in [3.63, 3.8) is 0 Å². The number of carbonyl (C=O) groups excluding carboxylic acids is 1. The zero-order valence-corrected chi connectivity index (χ0v) is 9.29. The lowest BCUT2D eigenvalue weighted by Gasteiger charge is -2.21. The Hall–Kier alpha value is -1.35. The second-order valence-corrected chi connectivity index (χ2v) is 4.34. The van der Waals surface area contributed by atoms with Gasteiger partial charge in [-0.1, -0.05) is 44.2 Å². The van der Waals surface area contributed by atoms with Crippen LogP contribution in [0.2, 0.25) is 0 Å². The fourth-order valence-electron chi connectivity index (χ4n) is 1.41. The van der Waals surface area contributed by atoms with Crippen LogP contribution in [0.5, 0.6) is 0 Å². The van der Waals surface area contributed by atoms with Crippen molar-refractivity contribution in [2.75, 3.05) is 0 Å². The molecule has 0 spiro atoms. The molecule has 3 nitrogen and oxygen atoms in total. The summed E-state index contributed by atoms with van der Waals surface area (Å²) in [5, 5.41) is 0. The van der Waals surface area contributed by atoms with Gasteiger partial charge in [0, 0.05) is 5.41 Å². The molecule has 0 fully saturated rings. The first kappa shape index (κ1) is 11.7. The number of aryl methyl sites for hydroxylation is 1. The van der Waals surface area contributed by atoms with E-state index < -0.39 is 5.41 Å². The van der Waals surface area contributed by atoms with E-state index in [-0.39, 0.29) is 5.91 Å². The Balaban J connectivity index is 2.53. The van der Waals surface area contributed by atoms with Crippen LogP contribution in [0, 0.1) is 5.41 Å². The fourth-order valence-corrected chi connectivity index (χ4v) is 1.41. The van der Waals surface area contributed by atoms with Crippen LogP contribution in [0.1, 0.15) is 25.8 Å². The van der Waals surface area contributed by atoms with E-state index in [9.17, 15) is 4.79 Å². The van der Waals surface area contributed by atoms with Crippen molar-refractivity contribution in [3.8, 4) is 0 Å². The standard InChI is InChI=1S/C12H18N2O/c1-12(2,11(15)14-13)9-8-10-6-4-3-5-7-10/h3-7H,8-9,13H2,1-2H3,(H,14,15). The van der Waals surface area contributed by atoms with Crippen molar-refractivity contribution in [2.45, 2.75) is 26.7 Å². The number of hydrogen-bond acceptors (Lipinski definition) is 2. The molecule has 0 heterocycles. The van der Waals surface area contributed by atoms with Crippen LogP contribution in [-0.2, 0) is 11.2 Å². The van der Waals surface area contributed by atoms with Crippen LogP contribution in [0.3, 0.4) is 0 Å². The zero-order chi connectivity index (χ0) is 11.3. The summed E-state index contributed by atoms with van der Waals surface area (Å²) in [6.07, 6.45) is 1.68. The molecule has 3 heteroatoms. The predicted octanol–water partition coefficient (Wildman–Crippen LogP) is 1.64. The number of amides is 1. The molecule has 0 atom stereocenters. The molecule has 82 valence electrons. The van der Waals surface area contributed by atoms with Crippen molar-refractivity contribution < 1.29 is 4.79 Å². The van der Waals surface area contributed by atoms with E-state index in [1.807, 2.05) is 32.0 Å². The highest BCUT2D eigenvalue weighted by Gasteiger charge is 2.26. The van der Waals surface area contributed by atoms with Gasteiger partial charge in [-0.2, -0.15) is 0 Å². The molecule has 0 saturated heterocycles. The summed E-state index contributed by atoms with van der Waals surface area (Å²) < 4.78 is 0. The van der Waals surface area contributed by atoms with Gasteiger partial charge in [0.15, 0.2) is 0 Å². The summed E-state index contributed by atoms with van der Waals surface area (Å²) in [6, 6.07) is 10.1. The molecule has 1 amide bonds. The lowest BCUT2D eigenvalue weighted by molar-refractivity contribution is -0.129. The number of hydrogen-bond donors (Lipinski definition) is 2. The van der Waals surface area contributed by atoms with Gasteiger partial charge in [0.1, 0.15) is 0 Å². The number of carbonyl (C=O) groups is 1. The second-order valence-electron chi connectivity index (χ2n) is 4.34. The van der Waals surface area contributed by atoms with Crippen molar-refractivity contribution in [2.24, 2.45) is 11.3 Å². The Morgan fingerprint density at radius 3 is 2.47 bits per heavy atom. The fraction of sp³-hybridized carbons (Fsp3) is 0.417. The average molecular weight is 206 g/mol. The molecule has 15 heavy (non-hydrogen) atoms. The normalized spacial score (nSPS) is 11.1. The molecular formula is C12H18N2O. The van der Waals surface area contributed by atoms with Crippen molar-refractivity contribution in [1.82, 2.24) is 5.43 Å². The lowest BCUT2D eigenvalue weighted by Crippen LogP contribution is -2.41. The summed E-state index contributed by atoms with van der Waals surface area (Å²) in [5.74, 6) is 5.02. The van der Waals surface area contributed by atoms with Gasteiger partial charge < -0.3 is 0 Å². The van der Waals surface area contributed by atoms with Crippen molar-refractivity contribution >= 4 is 5.91 Å². The molecule has 1 aromatic carbocycles. The molecule has 1 aromatic rings. The Kier molecular flexibility index (Phi) is 3.86. The van der Waals surface area contributed by atoms with E-state index in [1.165, 1.54) is 5.56 Å². The predicted molar refractivity (Wildman–Crippen MR) is 60.9 cm³/mol. The van der Waals surface area contributed by atoms with Gasteiger partial charge >= 0.3 is 0 Å². The van der Waals surface area contributed by atoms with Gasteiger partial charge in [0.25, 0.3) is 0 Å². The van der Waals surface area contributed by atoms with E-state index in [4.69, 9.17) is 5.84 Å². The Morgan fingerprint density at radius 2 is 1.93 bits per heavy atom. The minimum absolute atomic E-state index is 0.113. The minimum Gasteiger partial charge on any atom is -0.294 e. The van der Waals surface area contributed by atoms with Crippen LogP contribution in [0.25, 0.3) is 0 Å². The molecule has 1 rings (SSSR count). The minimum atomic E-state index is -0.412. The number of nitrogens with one attached hydrogen (secondary N) is 1. The summed E-state index contributed by atoms with van der Waals surface area (Å²) >= 11 is 0. The maximum absolute atomic E-state index is 11.4. The Morgan fingerprint density at radius 1 is 1.33 bits per heavy atom. The van der Waals surface area contributed by atoms with Gasteiger partial charge in [-0.15, -0.1) is 0 Å². The second kappa shape index (κ2) is 4.94. The zero-order valence-electron chi connectivity index (χ0n) is 9.29. The van der Waals surface area contributed by atoms with Crippen LogP contribution in [0.15, 0.2) is 30.3 Å². The molecule has 0 aromatic heterocycles. The van der Waals surface area contributed by atoms with Gasteiger partial charge in [0.2, 0.25) is 5.91 Å². The lowest BCUT2D eigenvalue weighted by atomic mass is 9.85. The van der Waals surface area contributed by atoms with Gasteiger partial charge in [0.05, 0.1) is 0 Å². The first-order chi connectivity index (χ1) is 7.06. The summed E-state index contributed by atoms with van der Waals surface area (Å²) in [4.78, 5) is 11.4. The highest BCUT2D eigenvalue weighted by atomic mass is 16.2. The number of benzene rings is 1. The average Bonchev–Trinajstić information content (AvgIpc) is 2.27. The van der Waals surface area contributed by atoms with Gasteiger partial charge in [-0.05, 0) is 18.4 Å². The van der Waals surface area contributed by atoms with Crippen molar-refractivity contribution in [1.29, 1.82) is 0 Å². The maximum Gasteiger partial charge on any atom is 0.239 e. The highest BCUT2D eigenvalue weighted by molar-refractivity contribution is 5.81. The number of hydrazine groups is 1. The SMILES string of the molecule is CC(C)(CCc1ccccc1)C(=O)NN. The molecule has 0 unspecified atom stereocenters. The molecule has 0 aliphatic rings. The van der Waals surface area contributed by atoms with Gasteiger partial charge in [-0.25, -0.2) is 5.84 Å². The highest BCUT2D eigenvalue weighted by Crippen LogP contribution is 2.22. The monoisotopic (exact) mass is 206 g/mol. The van der Waals surface area contributed by atoms with Gasteiger partial charge in [-0.3, -0.25) is 10.2 Å². The molecule has 0 bridgehead atoms. The van der Waals surface area contributed by atoms with E-state index in [2.05, 4.69) is 17.6 Å². The molecular weight excluding hydrogens is 188 g/mol. The van der Waals surface area contributed by atoms with Crippen LogP contribution in [-0.4, -0.2) is 5.91 Å². The summed E-state index contributed by atoms with van der Waals surface area (Å²) in [5.41, 5.74) is 3.04. The van der Waals surface area contributed by atoms with E-state index in [1.54, 1.807) is 0 Å². The van der Waals surface area contributed by atoms with Crippen LogP contribution < -0.4 is 11.3 Å². The van der Waals surface area contributed by atoms with E-state index in [0.717, 1.165) is 12.8 Å². The third-order valence-electron chi connectivity index (χ3n) is 2.63. The first-order valence-corrected chi connectivity index (χ1v) is 5.11. The third kappa shape index (κ3) is 3.36. The molecule has 0 saturated carbocycles. The topological polar surface area (TPSA) is 55.1 Å². The van der Waals surface area contributed by atoms with E-state index >= 15 is 0 Å². The number of nitrogens with two attached hydrogens (primary N) is 1. The van der Waals surface area contributed by atoms with Crippen LogP contribution >= 0.6 is 0 Å². The molecule has 0 radical (unpaired) electrons. The molecule has 0 aliphatic carbocycles. The first-order valence-electron chi connectivity index (χ1n) is 5.11. The number of rotatable bonds is 4. The summed E-state index contributed by atoms with van der Waals surface area (Å²) in [6.45, 7) is 3.80. The molecule has 3 N–H and O–H groups in total. The quantitative estimate of drug-likeness (QED) is 0.447. The third-order valence-corrected chi connectivity index (χ3v) is 2.63. The molecule has 0 aliphatic heterocycles.